The predicted molar refractivity (Wildman–Crippen MR) is 114 cm³/mol. The molecule has 0 spiro atoms. The molecule has 5 rings (SSSR count). The lowest BCUT2D eigenvalue weighted by atomic mass is 10.1. The summed E-state index contributed by atoms with van der Waals surface area (Å²) in [5.41, 5.74) is 1.10. The monoisotopic (exact) mass is 446 g/mol. The molecule has 0 radical (unpaired) electrons. The van der Waals surface area contributed by atoms with Crippen molar-refractivity contribution in [2.75, 3.05) is 31.2 Å². The molecule has 1 N–H and O–H groups in total. The van der Waals surface area contributed by atoms with Crippen LogP contribution in [-0.4, -0.2) is 47.9 Å². The van der Waals surface area contributed by atoms with Crippen LogP contribution in [0.15, 0.2) is 42.7 Å². The Bertz CT molecular complexity index is 1040. The molecule has 1 amide bonds. The smallest absolute Gasteiger partial charge is 0.255 e. The molecular weight excluding hydrogens is 421 g/mol. The molecule has 9 heteroatoms. The van der Waals surface area contributed by atoms with E-state index >= 15 is 4.39 Å². The van der Waals surface area contributed by atoms with Crippen molar-refractivity contribution in [2.45, 2.75) is 31.7 Å². The van der Waals surface area contributed by atoms with Crippen LogP contribution in [0, 0.1) is 17.5 Å². The van der Waals surface area contributed by atoms with E-state index in [1.807, 2.05) is 4.90 Å². The summed E-state index contributed by atoms with van der Waals surface area (Å²) in [4.78, 5) is 14.6. The second-order valence-corrected chi connectivity index (χ2v) is 7.86. The summed E-state index contributed by atoms with van der Waals surface area (Å²) in [6, 6.07) is 6.13. The van der Waals surface area contributed by atoms with Crippen molar-refractivity contribution in [2.24, 2.45) is 0 Å². The van der Waals surface area contributed by atoms with Gasteiger partial charge in [-0.3, -0.25) is 4.79 Å². The molecule has 2 aliphatic rings. The maximum atomic E-state index is 15.1. The van der Waals surface area contributed by atoms with Gasteiger partial charge < -0.3 is 15.0 Å². The molecule has 170 valence electrons. The van der Waals surface area contributed by atoms with E-state index in [1.165, 1.54) is 10.7 Å². The van der Waals surface area contributed by atoms with Crippen molar-refractivity contribution < 1.29 is 22.7 Å². The van der Waals surface area contributed by atoms with E-state index < -0.39 is 11.6 Å². The highest BCUT2D eigenvalue weighted by molar-refractivity contribution is 6.01. The number of benzene rings is 1. The van der Waals surface area contributed by atoms with Gasteiger partial charge in [-0.15, -0.1) is 0 Å². The molecule has 0 saturated carbocycles. The normalized spacial score (nSPS) is 16.7. The molecule has 3 aromatic rings. The Balaban J connectivity index is 0.000000260. The number of carbonyl (C=O) groups is 1. The van der Waals surface area contributed by atoms with Gasteiger partial charge in [0.1, 0.15) is 17.2 Å². The van der Waals surface area contributed by atoms with Crippen LogP contribution in [0.5, 0.6) is 0 Å². The van der Waals surface area contributed by atoms with Crippen molar-refractivity contribution in [1.29, 1.82) is 0 Å². The summed E-state index contributed by atoms with van der Waals surface area (Å²) in [5.74, 6) is -1.46. The molecule has 0 aliphatic carbocycles. The Morgan fingerprint density at radius 2 is 1.62 bits per heavy atom. The summed E-state index contributed by atoms with van der Waals surface area (Å²) in [7, 11) is 0. The van der Waals surface area contributed by atoms with Crippen LogP contribution >= 0.6 is 0 Å². The van der Waals surface area contributed by atoms with Gasteiger partial charge in [0, 0.05) is 38.5 Å². The summed E-state index contributed by atoms with van der Waals surface area (Å²) in [6.45, 7) is 3.00. The van der Waals surface area contributed by atoms with Gasteiger partial charge in [-0.1, -0.05) is 0 Å². The second kappa shape index (κ2) is 10.0. The zero-order valence-corrected chi connectivity index (χ0v) is 17.6. The highest BCUT2D eigenvalue weighted by Crippen LogP contribution is 2.28. The summed E-state index contributed by atoms with van der Waals surface area (Å²) in [6.07, 6.45) is 6.87. The highest BCUT2D eigenvalue weighted by atomic mass is 19.1. The summed E-state index contributed by atoms with van der Waals surface area (Å²) < 4.78 is 45.6. The van der Waals surface area contributed by atoms with Gasteiger partial charge in [0.25, 0.3) is 5.91 Å². The molecule has 4 heterocycles. The zero-order valence-electron chi connectivity index (χ0n) is 17.6. The molecule has 0 unspecified atom stereocenters. The van der Waals surface area contributed by atoms with Crippen LogP contribution in [-0.2, 0) is 4.74 Å². The number of amides is 1. The van der Waals surface area contributed by atoms with E-state index in [9.17, 15) is 13.6 Å². The van der Waals surface area contributed by atoms with E-state index in [4.69, 9.17) is 4.74 Å². The third-order valence-electron chi connectivity index (χ3n) is 5.65. The number of nitrogens with one attached hydrogen (secondary N) is 1. The number of hydrogen-bond donors (Lipinski definition) is 1. The first-order valence-corrected chi connectivity index (χ1v) is 10.7. The molecule has 0 atom stereocenters. The number of aromatic nitrogens is 2. The Labute approximate surface area is 184 Å². The predicted octanol–water partition coefficient (Wildman–Crippen LogP) is 3.95. The van der Waals surface area contributed by atoms with Crippen LogP contribution in [0.3, 0.4) is 0 Å². The van der Waals surface area contributed by atoms with Gasteiger partial charge >= 0.3 is 0 Å². The fourth-order valence-corrected chi connectivity index (χ4v) is 3.93. The van der Waals surface area contributed by atoms with Crippen LogP contribution in [0.1, 0.15) is 36.0 Å². The average molecular weight is 446 g/mol. The maximum absolute atomic E-state index is 15.1. The van der Waals surface area contributed by atoms with Gasteiger partial charge in [-0.2, -0.15) is 5.10 Å². The SMILES string of the molecule is Fc1ccc(F)cc1.O=C(NC1CCOCC1)c1cnn2ccc(N3CCCC3)c(F)c12. The second-order valence-electron chi connectivity index (χ2n) is 7.86. The number of anilines is 1. The van der Waals surface area contributed by atoms with Crippen LogP contribution in [0.2, 0.25) is 0 Å². The molecule has 2 saturated heterocycles. The number of pyridine rings is 1. The van der Waals surface area contributed by atoms with Gasteiger partial charge in [0.05, 0.1) is 17.4 Å². The number of nitrogens with zero attached hydrogens (tertiary/aromatic N) is 3. The van der Waals surface area contributed by atoms with Gasteiger partial charge in [-0.25, -0.2) is 17.7 Å². The first-order chi connectivity index (χ1) is 15.5. The van der Waals surface area contributed by atoms with Gasteiger partial charge in [0.2, 0.25) is 0 Å². The molecular formula is C23H25F3N4O2. The average Bonchev–Trinajstić information content (AvgIpc) is 3.48. The van der Waals surface area contributed by atoms with Gasteiger partial charge in [-0.05, 0) is 56.0 Å². The minimum absolute atomic E-state index is 0.0750. The Morgan fingerprint density at radius 3 is 2.25 bits per heavy atom. The molecule has 0 bridgehead atoms. The summed E-state index contributed by atoms with van der Waals surface area (Å²) in [5, 5.41) is 7.11. The lowest BCUT2D eigenvalue weighted by Crippen LogP contribution is -2.38. The largest absolute Gasteiger partial charge is 0.381 e. The standard InChI is InChI=1S/C17H21FN4O2.C6H4F2/c18-15-14(21-6-1-2-7-21)3-8-22-16(15)13(11-19-22)17(23)20-12-4-9-24-10-5-12;7-5-1-2-6(8)4-3-5/h3,8,11-12H,1-2,4-7,9-10H2,(H,20,23);1-4H. The van der Waals surface area contributed by atoms with E-state index in [1.54, 1.807) is 12.3 Å². The van der Waals surface area contributed by atoms with Gasteiger partial charge in [0.15, 0.2) is 5.82 Å². The number of rotatable bonds is 3. The lowest BCUT2D eigenvalue weighted by Gasteiger charge is -2.23. The fraction of sp³-hybridized carbons (Fsp3) is 0.391. The van der Waals surface area contributed by atoms with Crippen molar-refractivity contribution in [3.8, 4) is 0 Å². The quantitative estimate of drug-likeness (QED) is 0.662. The Hall–Kier alpha value is -3.07. The third kappa shape index (κ3) is 5.04. The Morgan fingerprint density at radius 1 is 1.00 bits per heavy atom. The maximum Gasteiger partial charge on any atom is 0.255 e. The Kier molecular flexibility index (Phi) is 6.94. The van der Waals surface area contributed by atoms with Crippen molar-refractivity contribution in [1.82, 2.24) is 14.9 Å². The minimum Gasteiger partial charge on any atom is -0.381 e. The van der Waals surface area contributed by atoms with Crippen LogP contribution < -0.4 is 10.2 Å². The van der Waals surface area contributed by atoms with E-state index in [2.05, 4.69) is 10.4 Å². The zero-order chi connectivity index (χ0) is 22.5. The molecule has 2 aromatic heterocycles. The first kappa shape index (κ1) is 22.1. The van der Waals surface area contributed by atoms with E-state index in [0.29, 0.717) is 24.5 Å². The van der Waals surface area contributed by atoms with Crippen LogP contribution in [0.4, 0.5) is 18.9 Å². The summed E-state index contributed by atoms with van der Waals surface area (Å²) >= 11 is 0. The highest BCUT2D eigenvalue weighted by Gasteiger charge is 2.24. The molecule has 2 fully saturated rings. The lowest BCUT2D eigenvalue weighted by molar-refractivity contribution is 0.0697. The third-order valence-corrected chi connectivity index (χ3v) is 5.65. The van der Waals surface area contributed by atoms with Crippen molar-refractivity contribution in [3.05, 3.63) is 65.7 Å². The number of halogens is 3. The number of fused-ring (bicyclic) bond motifs is 1. The number of carbonyl (C=O) groups excluding carboxylic acids is 1. The molecule has 1 aromatic carbocycles. The number of hydrogen-bond acceptors (Lipinski definition) is 4. The molecule has 6 nitrogen and oxygen atoms in total. The molecule has 2 aliphatic heterocycles. The number of ether oxygens (including phenoxy) is 1. The van der Waals surface area contributed by atoms with E-state index in [-0.39, 0.29) is 23.3 Å². The molecule has 32 heavy (non-hydrogen) atoms. The topological polar surface area (TPSA) is 58.9 Å². The van der Waals surface area contributed by atoms with Crippen molar-refractivity contribution in [3.63, 3.8) is 0 Å². The van der Waals surface area contributed by atoms with Crippen LogP contribution in [0.25, 0.3) is 5.52 Å². The first-order valence-electron chi connectivity index (χ1n) is 10.7. The van der Waals surface area contributed by atoms with Crippen molar-refractivity contribution >= 4 is 17.1 Å². The fourth-order valence-electron chi connectivity index (χ4n) is 3.93. The van der Waals surface area contributed by atoms with E-state index in [0.717, 1.165) is 63.0 Å². The minimum atomic E-state index is -0.411.